The van der Waals surface area contributed by atoms with Crippen LogP contribution >= 0.6 is 0 Å². The Morgan fingerprint density at radius 3 is 0.229 bits per heavy atom. The first-order chi connectivity index (χ1) is 46.9. The Bertz CT molecular complexity index is 768. The van der Waals surface area contributed by atoms with Crippen LogP contribution < -0.4 is 0 Å². The molecule has 0 rings (SSSR count). The molecule has 592 valence electrons. The monoisotopic (exact) mass is 1370 g/mol. The summed E-state index contributed by atoms with van der Waals surface area (Å²) in [6.45, 7) is 45.5. The molecule has 0 unspecified atom stereocenters. The summed E-state index contributed by atoms with van der Waals surface area (Å²) in [4.78, 5) is 9.60. The molecular weight excluding hydrogens is 1160 g/mol. The van der Waals surface area contributed by atoms with Crippen LogP contribution in [0.2, 0.25) is 0 Å². The molecule has 96 heavy (non-hydrogen) atoms. The molecule has 0 aliphatic rings. The molecule has 0 aromatic heterocycles. The third-order valence-corrected chi connectivity index (χ3v) is 18.0. The number of carbonyl (C=O) groups is 1. The lowest BCUT2D eigenvalue weighted by Crippen LogP contribution is -1.92. The SMILES string of the molecule is C=C(C)C(=O)O.CCCCCCCCCC.CCCCCCCCCC.CCCCCCCCCC.CCCCCCCCCC.CCCCCCCCCC.CCCCCCCCCC.CCCCCCCCCC.CCCCCCCCCC.CCCCCCCCCC. The molecule has 0 bridgehead atoms. The minimum atomic E-state index is -0.935. The van der Waals surface area contributed by atoms with E-state index in [0.29, 0.717) is 0 Å². The van der Waals surface area contributed by atoms with E-state index in [9.17, 15) is 4.79 Å². The lowest BCUT2D eigenvalue weighted by atomic mass is 10.1. The molecule has 0 radical (unpaired) electrons. The van der Waals surface area contributed by atoms with Gasteiger partial charge in [0, 0.05) is 5.57 Å². The Balaban J connectivity index is -0.000000107. The maximum Gasteiger partial charge on any atom is 0.330 e. The molecule has 2 heteroatoms. The van der Waals surface area contributed by atoms with Crippen molar-refractivity contribution in [3.8, 4) is 0 Å². The quantitative estimate of drug-likeness (QED) is 0.0487. The highest BCUT2D eigenvalue weighted by Crippen LogP contribution is 2.14. The maximum absolute atomic E-state index is 9.60. The predicted octanol–water partition coefficient (Wildman–Crippen LogP) is 38.0. The van der Waals surface area contributed by atoms with Crippen molar-refractivity contribution in [1.82, 2.24) is 0 Å². The minimum Gasteiger partial charge on any atom is -0.478 e. The predicted molar refractivity (Wildman–Crippen MR) is 457 cm³/mol. The lowest BCUT2D eigenvalue weighted by molar-refractivity contribution is -0.132. The van der Waals surface area contributed by atoms with Gasteiger partial charge in [0.25, 0.3) is 0 Å². The van der Waals surface area contributed by atoms with Crippen LogP contribution in [0.3, 0.4) is 0 Å². The number of hydrogen-bond donors (Lipinski definition) is 1. The van der Waals surface area contributed by atoms with Crippen molar-refractivity contribution in [1.29, 1.82) is 0 Å². The summed E-state index contributed by atoms with van der Waals surface area (Å²) in [5, 5.41) is 7.89. The van der Waals surface area contributed by atoms with Crippen molar-refractivity contribution in [2.75, 3.05) is 0 Å². The zero-order chi connectivity index (χ0) is 74.1. The smallest absolute Gasteiger partial charge is 0.330 e. The molecule has 0 atom stereocenters. The molecule has 0 aliphatic heterocycles. The first-order valence-corrected chi connectivity index (χ1v) is 45.8. The topological polar surface area (TPSA) is 37.3 Å². The van der Waals surface area contributed by atoms with Gasteiger partial charge in [0.05, 0.1) is 0 Å². The average Bonchev–Trinajstić information content (AvgIpc) is 3.62. The van der Waals surface area contributed by atoms with Crippen LogP contribution in [0.4, 0.5) is 0 Å². The number of rotatable bonds is 64. The van der Waals surface area contributed by atoms with Crippen LogP contribution in [0.5, 0.6) is 0 Å². The van der Waals surface area contributed by atoms with Gasteiger partial charge in [-0.25, -0.2) is 4.79 Å². The molecule has 0 aromatic carbocycles. The Labute approximate surface area is 618 Å². The Hall–Kier alpha value is -0.790. The highest BCUT2D eigenvalue weighted by molar-refractivity contribution is 5.84. The van der Waals surface area contributed by atoms with E-state index >= 15 is 0 Å². The van der Waals surface area contributed by atoms with Crippen molar-refractivity contribution in [2.45, 2.75) is 594 Å². The summed E-state index contributed by atoms with van der Waals surface area (Å²) in [5.74, 6) is -0.935. The summed E-state index contributed by atoms with van der Waals surface area (Å²) >= 11 is 0. The van der Waals surface area contributed by atoms with Gasteiger partial charge in [0.2, 0.25) is 0 Å². The summed E-state index contributed by atoms with van der Waals surface area (Å²) < 4.78 is 0. The molecule has 0 saturated heterocycles. The van der Waals surface area contributed by atoms with E-state index < -0.39 is 5.97 Å². The largest absolute Gasteiger partial charge is 0.478 e. The zero-order valence-corrected chi connectivity index (χ0v) is 72.5. The molecule has 1 N–H and O–H groups in total. The van der Waals surface area contributed by atoms with Crippen molar-refractivity contribution in [2.24, 2.45) is 0 Å². The third-order valence-electron chi connectivity index (χ3n) is 18.0. The van der Waals surface area contributed by atoms with E-state index in [0.717, 1.165) is 0 Å². The number of unbranched alkanes of at least 4 members (excludes halogenated alkanes) is 63. The van der Waals surface area contributed by atoms with Gasteiger partial charge in [-0.3, -0.25) is 0 Å². The van der Waals surface area contributed by atoms with Gasteiger partial charge in [0.15, 0.2) is 0 Å². The fraction of sp³-hybridized carbons (Fsp3) is 0.968. The van der Waals surface area contributed by atoms with Crippen LogP contribution in [-0.4, -0.2) is 11.1 Å². The van der Waals surface area contributed by atoms with Gasteiger partial charge in [-0.05, 0) is 6.92 Å². The van der Waals surface area contributed by atoms with Crippen molar-refractivity contribution in [3.05, 3.63) is 12.2 Å². The van der Waals surface area contributed by atoms with Crippen molar-refractivity contribution < 1.29 is 9.90 Å². The summed E-state index contributed by atoms with van der Waals surface area (Å²) in [6, 6.07) is 0. The third kappa shape index (κ3) is 181. The standard InChI is InChI=1S/9C10H22.C4H6O2/c9*1-3-5-7-9-10-8-6-4-2;1-3(2)4(5)6/h9*3-10H2,1-2H3;1H2,2H3,(H,5,6). The maximum atomic E-state index is 9.60. The number of carboxylic acids is 1. The van der Waals surface area contributed by atoms with Crippen LogP contribution in [0, 0.1) is 0 Å². The molecule has 0 saturated carbocycles. The fourth-order valence-corrected chi connectivity index (χ4v) is 10.9. The van der Waals surface area contributed by atoms with Crippen LogP contribution in [-0.2, 0) is 4.79 Å². The summed E-state index contributed by atoms with van der Waals surface area (Å²) in [7, 11) is 0. The first kappa shape index (κ1) is 116. The molecule has 0 heterocycles. The van der Waals surface area contributed by atoms with Gasteiger partial charge in [-0.15, -0.1) is 0 Å². The van der Waals surface area contributed by atoms with E-state index in [1.165, 1.54) is 469 Å². The van der Waals surface area contributed by atoms with Crippen LogP contribution in [0.15, 0.2) is 12.2 Å². The second kappa shape index (κ2) is 137. The van der Waals surface area contributed by atoms with E-state index in [1.54, 1.807) is 0 Å². The molecule has 0 amide bonds. The number of hydrogen-bond acceptors (Lipinski definition) is 1. The Kier molecular flexibility index (Phi) is 166. The first-order valence-electron chi connectivity index (χ1n) is 45.8. The van der Waals surface area contributed by atoms with Gasteiger partial charge in [-0.2, -0.15) is 0 Å². The van der Waals surface area contributed by atoms with Crippen LogP contribution in [0.1, 0.15) is 594 Å². The average molecular weight is 1370 g/mol. The van der Waals surface area contributed by atoms with E-state index in [4.69, 9.17) is 5.11 Å². The Morgan fingerprint density at radius 1 is 0.156 bits per heavy atom. The molecule has 0 spiro atoms. The summed E-state index contributed by atoms with van der Waals surface area (Å²) in [5.41, 5.74) is 0.176. The zero-order valence-electron chi connectivity index (χ0n) is 72.5. The van der Waals surface area contributed by atoms with E-state index in [-0.39, 0.29) is 5.57 Å². The van der Waals surface area contributed by atoms with E-state index in [1.807, 2.05) is 0 Å². The van der Waals surface area contributed by atoms with Crippen LogP contribution in [0.25, 0.3) is 0 Å². The molecular formula is C94H204O2. The molecule has 0 aliphatic carbocycles. The van der Waals surface area contributed by atoms with Crippen molar-refractivity contribution in [3.63, 3.8) is 0 Å². The number of carboxylic acid groups (broad SMARTS) is 1. The van der Waals surface area contributed by atoms with E-state index in [2.05, 4.69) is 131 Å². The van der Waals surface area contributed by atoms with Gasteiger partial charge in [0.1, 0.15) is 0 Å². The second-order valence-corrected chi connectivity index (χ2v) is 29.2. The van der Waals surface area contributed by atoms with Gasteiger partial charge in [-0.1, -0.05) is 594 Å². The Morgan fingerprint density at radius 2 is 0.198 bits per heavy atom. The van der Waals surface area contributed by atoms with Gasteiger partial charge < -0.3 is 5.11 Å². The van der Waals surface area contributed by atoms with Gasteiger partial charge >= 0.3 is 5.97 Å². The summed E-state index contributed by atoms with van der Waals surface area (Å²) in [6.07, 6.45) is 103. The molecule has 0 fully saturated rings. The normalized spacial score (nSPS) is 10.0. The fourth-order valence-electron chi connectivity index (χ4n) is 10.9. The second-order valence-electron chi connectivity index (χ2n) is 29.2. The minimum absolute atomic E-state index is 0.176. The number of aliphatic carboxylic acids is 1. The van der Waals surface area contributed by atoms with Crippen molar-refractivity contribution >= 4 is 5.97 Å². The highest BCUT2D eigenvalue weighted by Gasteiger charge is 1.95. The molecule has 2 nitrogen and oxygen atoms in total. The molecule has 0 aromatic rings. The lowest BCUT2D eigenvalue weighted by Gasteiger charge is -1.97. The highest BCUT2D eigenvalue weighted by atomic mass is 16.4.